The van der Waals surface area contributed by atoms with Crippen molar-refractivity contribution in [2.75, 3.05) is 13.2 Å². The monoisotopic (exact) mass is 460 g/mol. The molecular formula is C17H25IN4OS. The lowest BCUT2D eigenvalue weighted by Gasteiger charge is -2.11. The molecule has 0 aromatic carbocycles. The zero-order valence-corrected chi connectivity index (χ0v) is 17.3. The van der Waals surface area contributed by atoms with Gasteiger partial charge in [0.25, 0.3) is 0 Å². The first-order valence-electron chi connectivity index (χ1n) is 7.94. The molecule has 0 bridgehead atoms. The van der Waals surface area contributed by atoms with Gasteiger partial charge in [-0.05, 0) is 30.9 Å². The van der Waals surface area contributed by atoms with E-state index < -0.39 is 0 Å². The molecule has 0 amide bonds. The molecule has 0 fully saturated rings. The van der Waals surface area contributed by atoms with Crippen molar-refractivity contribution in [3.63, 3.8) is 0 Å². The number of rotatable bonds is 8. The Balaban J connectivity index is 0.00000288. The molecule has 0 spiro atoms. The molecule has 2 heterocycles. The molecule has 2 aromatic heterocycles. The minimum Gasteiger partial charge on any atom is -0.477 e. The first-order chi connectivity index (χ1) is 11.3. The molecule has 0 saturated heterocycles. The minimum atomic E-state index is 0. The molecule has 0 atom stereocenters. The van der Waals surface area contributed by atoms with Crippen LogP contribution in [0.3, 0.4) is 0 Å². The number of ether oxygens (including phenoxy) is 1. The smallest absolute Gasteiger partial charge is 0.218 e. The van der Waals surface area contributed by atoms with Crippen LogP contribution in [-0.2, 0) is 13.1 Å². The van der Waals surface area contributed by atoms with Crippen LogP contribution in [0.2, 0.25) is 0 Å². The lowest BCUT2D eigenvalue weighted by Crippen LogP contribution is -2.36. The van der Waals surface area contributed by atoms with Gasteiger partial charge < -0.3 is 15.4 Å². The van der Waals surface area contributed by atoms with Gasteiger partial charge in [-0.2, -0.15) is 0 Å². The lowest BCUT2D eigenvalue weighted by atomic mass is 10.3. The highest BCUT2D eigenvalue weighted by Gasteiger charge is 2.05. The third-order valence-electron chi connectivity index (χ3n) is 3.05. The Morgan fingerprint density at radius 1 is 1.25 bits per heavy atom. The topological polar surface area (TPSA) is 58.5 Å². The second-order valence-corrected chi connectivity index (χ2v) is 5.98. The number of thiophene rings is 1. The van der Waals surface area contributed by atoms with Gasteiger partial charge >= 0.3 is 0 Å². The first kappa shape index (κ1) is 20.7. The second-order valence-electron chi connectivity index (χ2n) is 4.94. The van der Waals surface area contributed by atoms with E-state index in [9.17, 15) is 0 Å². The van der Waals surface area contributed by atoms with Crippen LogP contribution in [0.25, 0.3) is 0 Å². The van der Waals surface area contributed by atoms with E-state index in [1.807, 2.05) is 12.1 Å². The van der Waals surface area contributed by atoms with Crippen LogP contribution in [-0.4, -0.2) is 24.1 Å². The fraction of sp³-hybridized carbons (Fsp3) is 0.412. The summed E-state index contributed by atoms with van der Waals surface area (Å²) >= 11 is 1.73. The fourth-order valence-corrected chi connectivity index (χ4v) is 2.61. The van der Waals surface area contributed by atoms with Crippen LogP contribution < -0.4 is 15.4 Å². The molecule has 5 nitrogen and oxygen atoms in total. The van der Waals surface area contributed by atoms with E-state index in [1.54, 1.807) is 17.5 Å². The highest BCUT2D eigenvalue weighted by Crippen LogP contribution is 2.15. The Morgan fingerprint density at radius 2 is 2.12 bits per heavy atom. The van der Waals surface area contributed by atoms with E-state index in [2.05, 4.69) is 52.0 Å². The number of aliphatic imine (C=N–C) groups is 1. The largest absolute Gasteiger partial charge is 0.477 e. The maximum absolute atomic E-state index is 5.68. The van der Waals surface area contributed by atoms with Gasteiger partial charge in [-0.25, -0.2) is 9.98 Å². The quantitative estimate of drug-likeness (QED) is 0.358. The molecule has 0 aliphatic carbocycles. The fourth-order valence-electron chi connectivity index (χ4n) is 1.96. The van der Waals surface area contributed by atoms with E-state index in [0.717, 1.165) is 31.0 Å². The van der Waals surface area contributed by atoms with Crippen LogP contribution >= 0.6 is 35.3 Å². The molecule has 24 heavy (non-hydrogen) atoms. The Morgan fingerprint density at radius 3 is 2.83 bits per heavy atom. The summed E-state index contributed by atoms with van der Waals surface area (Å²) in [4.78, 5) is 10.2. The zero-order valence-electron chi connectivity index (χ0n) is 14.1. The summed E-state index contributed by atoms with van der Waals surface area (Å²) in [6.07, 6.45) is 2.71. The van der Waals surface area contributed by atoms with E-state index >= 15 is 0 Å². The van der Waals surface area contributed by atoms with Crippen LogP contribution in [0.1, 0.15) is 30.7 Å². The van der Waals surface area contributed by atoms with Crippen LogP contribution in [0.15, 0.2) is 40.8 Å². The molecule has 0 saturated carbocycles. The third-order valence-corrected chi connectivity index (χ3v) is 3.93. The number of nitrogens with one attached hydrogen (secondary N) is 2. The number of aromatic nitrogens is 1. The number of guanidine groups is 1. The van der Waals surface area contributed by atoms with Crippen molar-refractivity contribution < 1.29 is 4.74 Å². The van der Waals surface area contributed by atoms with Crippen LogP contribution in [0.5, 0.6) is 5.88 Å². The number of halogens is 1. The highest BCUT2D eigenvalue weighted by molar-refractivity contribution is 14.0. The van der Waals surface area contributed by atoms with E-state index in [1.165, 1.54) is 4.88 Å². The van der Waals surface area contributed by atoms with Gasteiger partial charge in [-0.3, -0.25) is 0 Å². The van der Waals surface area contributed by atoms with Crippen molar-refractivity contribution in [3.05, 3.63) is 46.3 Å². The van der Waals surface area contributed by atoms with Crippen molar-refractivity contribution in [2.24, 2.45) is 4.99 Å². The van der Waals surface area contributed by atoms with Crippen molar-refractivity contribution in [3.8, 4) is 5.88 Å². The summed E-state index contributed by atoms with van der Waals surface area (Å²) in [6.45, 7) is 6.94. The Kier molecular flexibility index (Phi) is 10.4. The van der Waals surface area contributed by atoms with Gasteiger partial charge in [-0.15, -0.1) is 35.3 Å². The van der Waals surface area contributed by atoms with Gasteiger partial charge in [0.05, 0.1) is 19.7 Å². The molecule has 7 heteroatoms. The maximum Gasteiger partial charge on any atom is 0.218 e. The summed E-state index contributed by atoms with van der Waals surface area (Å²) in [6, 6.07) is 8.08. The average molecular weight is 460 g/mol. The van der Waals surface area contributed by atoms with Crippen LogP contribution in [0, 0.1) is 0 Å². The summed E-state index contributed by atoms with van der Waals surface area (Å²) in [5.74, 6) is 1.47. The molecule has 0 aliphatic rings. The highest BCUT2D eigenvalue weighted by atomic mass is 127. The van der Waals surface area contributed by atoms with Crippen molar-refractivity contribution >= 4 is 41.3 Å². The Hall–Kier alpha value is -1.35. The number of nitrogens with zero attached hydrogens (tertiary/aromatic N) is 2. The molecule has 0 unspecified atom stereocenters. The summed E-state index contributed by atoms with van der Waals surface area (Å²) in [5.41, 5.74) is 0.995. The van der Waals surface area contributed by atoms with Gasteiger partial charge in [0.2, 0.25) is 5.88 Å². The lowest BCUT2D eigenvalue weighted by molar-refractivity contribution is 0.302. The SMILES string of the molecule is CCCOc1ncccc1CN=C(NCC)NCc1cccs1.I. The molecule has 2 rings (SSSR count). The normalized spacial score (nSPS) is 10.8. The Bertz CT molecular complexity index is 604. The van der Waals surface area contributed by atoms with Gasteiger partial charge in [0, 0.05) is 23.2 Å². The van der Waals surface area contributed by atoms with Gasteiger partial charge in [-0.1, -0.05) is 19.1 Å². The number of hydrogen-bond acceptors (Lipinski definition) is 4. The van der Waals surface area contributed by atoms with E-state index in [0.29, 0.717) is 19.0 Å². The average Bonchev–Trinajstić information content (AvgIpc) is 3.09. The van der Waals surface area contributed by atoms with Gasteiger partial charge in [0.1, 0.15) is 0 Å². The van der Waals surface area contributed by atoms with E-state index in [-0.39, 0.29) is 24.0 Å². The minimum absolute atomic E-state index is 0. The molecule has 132 valence electrons. The van der Waals surface area contributed by atoms with Gasteiger partial charge in [0.15, 0.2) is 5.96 Å². The third kappa shape index (κ3) is 7.04. The maximum atomic E-state index is 5.68. The van der Waals surface area contributed by atoms with Crippen molar-refractivity contribution in [1.29, 1.82) is 0 Å². The predicted molar refractivity (Wildman–Crippen MR) is 111 cm³/mol. The van der Waals surface area contributed by atoms with Crippen molar-refractivity contribution in [1.82, 2.24) is 15.6 Å². The molecule has 0 radical (unpaired) electrons. The summed E-state index contributed by atoms with van der Waals surface area (Å²) < 4.78 is 5.68. The first-order valence-corrected chi connectivity index (χ1v) is 8.82. The van der Waals surface area contributed by atoms with Crippen molar-refractivity contribution in [2.45, 2.75) is 33.4 Å². The molecule has 2 N–H and O–H groups in total. The summed E-state index contributed by atoms with van der Waals surface area (Å²) in [5, 5.41) is 8.68. The number of hydrogen-bond donors (Lipinski definition) is 2. The molecule has 0 aliphatic heterocycles. The molecule has 2 aromatic rings. The zero-order chi connectivity index (χ0) is 16.3. The van der Waals surface area contributed by atoms with Crippen LogP contribution in [0.4, 0.5) is 0 Å². The molecular weight excluding hydrogens is 435 g/mol. The van der Waals surface area contributed by atoms with E-state index in [4.69, 9.17) is 4.74 Å². The number of pyridine rings is 1. The summed E-state index contributed by atoms with van der Waals surface area (Å²) in [7, 11) is 0. The second kappa shape index (κ2) is 12.1. The Labute approximate surface area is 165 Å². The predicted octanol–water partition coefficient (Wildman–Crippen LogP) is 3.81. The standard InChI is InChI=1S/C17H24N4OS.HI/c1-3-10-22-16-14(7-5-9-19-16)12-20-17(18-4-2)21-13-15-8-6-11-23-15;/h5-9,11H,3-4,10,12-13H2,1-2H3,(H2,18,20,21);1H.